The van der Waals surface area contributed by atoms with Crippen molar-refractivity contribution >= 4 is 27.2 Å². The van der Waals surface area contributed by atoms with Gasteiger partial charge in [-0.1, -0.05) is 0 Å². The Labute approximate surface area is 119 Å². The summed E-state index contributed by atoms with van der Waals surface area (Å²) in [5.74, 6) is -0.235. The van der Waals surface area contributed by atoms with Gasteiger partial charge in [-0.25, -0.2) is 4.39 Å². The van der Waals surface area contributed by atoms with Gasteiger partial charge in [-0.05, 0) is 42.1 Å². The van der Waals surface area contributed by atoms with Gasteiger partial charge in [-0.3, -0.25) is 9.48 Å². The van der Waals surface area contributed by atoms with E-state index in [0.29, 0.717) is 11.3 Å². The van der Waals surface area contributed by atoms with Crippen LogP contribution in [0.2, 0.25) is 0 Å². The molecule has 0 bridgehead atoms. The minimum Gasteiger partial charge on any atom is -0.293 e. The highest BCUT2D eigenvalue weighted by molar-refractivity contribution is 7.20. The average Bonchev–Trinajstić information content (AvgIpc) is 3.04. The van der Waals surface area contributed by atoms with E-state index in [1.165, 1.54) is 23.5 Å². The third-order valence-electron chi connectivity index (χ3n) is 3.13. The first-order valence-corrected chi connectivity index (χ1v) is 7.21. The number of rotatable bonds is 4. The van der Waals surface area contributed by atoms with Gasteiger partial charge in [0.1, 0.15) is 5.82 Å². The number of thiophene rings is 1. The van der Waals surface area contributed by atoms with Crippen LogP contribution >= 0.6 is 11.3 Å². The highest BCUT2D eigenvalue weighted by Crippen LogP contribution is 2.27. The Balaban J connectivity index is 1.84. The Kier molecular flexibility index (Phi) is 3.36. The number of nitrogens with zero attached hydrogens (tertiary/aromatic N) is 2. The van der Waals surface area contributed by atoms with Crippen molar-refractivity contribution in [1.82, 2.24) is 9.78 Å². The third kappa shape index (κ3) is 2.49. The summed E-state index contributed by atoms with van der Waals surface area (Å²) in [4.78, 5) is 12.9. The van der Waals surface area contributed by atoms with Gasteiger partial charge in [-0.2, -0.15) is 5.10 Å². The van der Waals surface area contributed by atoms with Crippen molar-refractivity contribution in [3.63, 3.8) is 0 Å². The molecule has 0 spiro atoms. The van der Waals surface area contributed by atoms with Crippen LogP contribution in [0, 0.1) is 5.82 Å². The van der Waals surface area contributed by atoms with E-state index >= 15 is 0 Å². The monoisotopic (exact) mass is 288 g/mol. The van der Waals surface area contributed by atoms with Gasteiger partial charge in [0.05, 0.1) is 11.1 Å². The molecule has 0 unspecified atom stereocenters. The van der Waals surface area contributed by atoms with E-state index in [4.69, 9.17) is 0 Å². The van der Waals surface area contributed by atoms with Crippen LogP contribution in [0.1, 0.15) is 22.2 Å². The summed E-state index contributed by atoms with van der Waals surface area (Å²) in [6, 6.07) is 6.34. The van der Waals surface area contributed by atoms with Crippen LogP contribution in [-0.4, -0.2) is 15.6 Å². The highest BCUT2D eigenvalue weighted by Gasteiger charge is 2.12. The number of hydrogen-bond donors (Lipinski definition) is 0. The maximum Gasteiger partial charge on any atom is 0.177 e. The molecule has 5 heteroatoms. The molecule has 0 saturated heterocycles. The van der Waals surface area contributed by atoms with Crippen LogP contribution in [0.15, 0.2) is 36.7 Å². The number of halogens is 1. The lowest BCUT2D eigenvalue weighted by Gasteiger charge is -1.94. The lowest BCUT2D eigenvalue weighted by molar-refractivity contribution is 0.0997. The zero-order valence-corrected chi connectivity index (χ0v) is 11.8. The van der Waals surface area contributed by atoms with Gasteiger partial charge < -0.3 is 0 Å². The molecule has 3 nitrogen and oxygen atoms in total. The molecule has 0 N–H and O–H groups in total. The molecular weight excluding hydrogens is 275 g/mol. The summed E-state index contributed by atoms with van der Waals surface area (Å²) in [6.07, 6.45) is 3.93. The van der Waals surface area contributed by atoms with Crippen molar-refractivity contribution < 1.29 is 9.18 Å². The average molecular weight is 288 g/mol. The molecule has 0 saturated carbocycles. The summed E-state index contributed by atoms with van der Waals surface area (Å²) < 4.78 is 15.9. The maximum absolute atomic E-state index is 13.1. The largest absolute Gasteiger partial charge is 0.293 e. The van der Waals surface area contributed by atoms with E-state index in [2.05, 4.69) is 5.10 Å². The number of ketones is 1. The number of aromatic nitrogens is 2. The quantitative estimate of drug-likeness (QED) is 0.686. The molecule has 0 aliphatic rings. The number of fused-ring (bicyclic) bond motifs is 1. The van der Waals surface area contributed by atoms with Crippen LogP contribution in [0.5, 0.6) is 0 Å². The third-order valence-corrected chi connectivity index (χ3v) is 4.29. The molecule has 0 aliphatic carbocycles. The lowest BCUT2D eigenvalue weighted by atomic mass is 10.1. The van der Waals surface area contributed by atoms with Crippen molar-refractivity contribution in [2.45, 2.75) is 19.9 Å². The first-order valence-electron chi connectivity index (χ1n) is 6.39. The Morgan fingerprint density at radius 3 is 3.00 bits per heavy atom. The summed E-state index contributed by atoms with van der Waals surface area (Å²) >= 11 is 1.40. The molecule has 20 heavy (non-hydrogen) atoms. The molecule has 0 fully saturated rings. The second-order valence-electron chi connectivity index (χ2n) is 4.60. The molecule has 0 aliphatic heterocycles. The Morgan fingerprint density at radius 2 is 2.25 bits per heavy atom. The van der Waals surface area contributed by atoms with Crippen LogP contribution in [0.3, 0.4) is 0 Å². The van der Waals surface area contributed by atoms with Gasteiger partial charge in [0.15, 0.2) is 5.78 Å². The van der Waals surface area contributed by atoms with Crippen molar-refractivity contribution in [3.8, 4) is 0 Å². The summed E-state index contributed by atoms with van der Waals surface area (Å²) in [5, 5.41) is 4.93. The fourth-order valence-electron chi connectivity index (χ4n) is 2.09. The fourth-order valence-corrected chi connectivity index (χ4v) is 3.08. The van der Waals surface area contributed by atoms with Gasteiger partial charge in [-0.15, -0.1) is 11.3 Å². The Morgan fingerprint density at radius 1 is 1.40 bits per heavy atom. The predicted molar refractivity (Wildman–Crippen MR) is 77.7 cm³/mol. The number of Topliss-reactive ketones (excluding diaryl/α,β-unsaturated/α-hetero) is 1. The van der Waals surface area contributed by atoms with Gasteiger partial charge in [0, 0.05) is 23.9 Å². The second-order valence-corrected chi connectivity index (χ2v) is 5.68. The first kappa shape index (κ1) is 13.0. The molecule has 3 rings (SSSR count). The zero-order valence-electron chi connectivity index (χ0n) is 11.0. The zero-order chi connectivity index (χ0) is 14.1. The van der Waals surface area contributed by atoms with Gasteiger partial charge >= 0.3 is 0 Å². The second kappa shape index (κ2) is 5.17. The molecule has 0 radical (unpaired) electrons. The molecule has 102 valence electrons. The van der Waals surface area contributed by atoms with Crippen molar-refractivity contribution in [1.29, 1.82) is 0 Å². The normalized spacial score (nSPS) is 11.1. The van der Waals surface area contributed by atoms with E-state index in [0.717, 1.165) is 22.2 Å². The molecule has 2 heterocycles. The minimum absolute atomic E-state index is 0.0438. The Hall–Kier alpha value is -2.01. The van der Waals surface area contributed by atoms with Crippen molar-refractivity contribution in [2.24, 2.45) is 0 Å². The standard InChI is InChI=1S/C15H13FN2OS/c1-2-18-9-10(8-17-18)5-13(19)15-7-11-6-12(16)3-4-14(11)20-15/h3-4,6-9H,2,5H2,1H3. The molecule has 2 aromatic heterocycles. The SMILES string of the molecule is CCn1cc(CC(=O)c2cc3cc(F)ccc3s2)cn1. The predicted octanol–water partition coefficient (Wildman–Crippen LogP) is 3.68. The number of carbonyl (C=O) groups excluding carboxylic acids is 1. The molecule has 0 amide bonds. The molecular formula is C15H13FN2OS. The fraction of sp³-hybridized carbons (Fsp3) is 0.200. The summed E-state index contributed by atoms with van der Waals surface area (Å²) in [6.45, 7) is 2.79. The smallest absolute Gasteiger partial charge is 0.177 e. The topological polar surface area (TPSA) is 34.9 Å². The van der Waals surface area contributed by atoms with Gasteiger partial charge in [0.2, 0.25) is 0 Å². The van der Waals surface area contributed by atoms with Gasteiger partial charge in [0.25, 0.3) is 0 Å². The van der Waals surface area contributed by atoms with E-state index < -0.39 is 0 Å². The highest BCUT2D eigenvalue weighted by atomic mass is 32.1. The van der Waals surface area contributed by atoms with E-state index in [9.17, 15) is 9.18 Å². The van der Waals surface area contributed by atoms with Crippen LogP contribution in [-0.2, 0) is 13.0 Å². The first-order chi connectivity index (χ1) is 9.65. The maximum atomic E-state index is 13.1. The van der Waals surface area contributed by atoms with E-state index in [-0.39, 0.29) is 11.6 Å². The minimum atomic E-state index is -0.279. The number of carbonyl (C=O) groups is 1. The van der Waals surface area contributed by atoms with Crippen LogP contribution in [0.25, 0.3) is 10.1 Å². The van der Waals surface area contributed by atoms with Crippen LogP contribution < -0.4 is 0 Å². The Bertz CT molecular complexity index is 775. The number of benzene rings is 1. The van der Waals surface area contributed by atoms with E-state index in [1.807, 2.05) is 13.1 Å². The lowest BCUT2D eigenvalue weighted by Crippen LogP contribution is -2.00. The number of hydrogen-bond acceptors (Lipinski definition) is 3. The summed E-state index contributed by atoms with van der Waals surface area (Å²) in [5.41, 5.74) is 0.903. The van der Waals surface area contributed by atoms with E-state index in [1.54, 1.807) is 23.0 Å². The molecule has 0 atom stereocenters. The number of aryl methyl sites for hydroxylation is 1. The summed E-state index contributed by atoms with van der Waals surface area (Å²) in [7, 11) is 0. The van der Waals surface area contributed by atoms with Crippen molar-refractivity contribution in [2.75, 3.05) is 0 Å². The molecule has 3 aromatic rings. The van der Waals surface area contributed by atoms with Crippen molar-refractivity contribution in [3.05, 3.63) is 52.9 Å². The van der Waals surface area contributed by atoms with Crippen LogP contribution in [0.4, 0.5) is 4.39 Å². The molecule has 1 aromatic carbocycles.